The monoisotopic (exact) mass is 255 g/mol. The van der Waals surface area contributed by atoms with Gasteiger partial charge in [0.25, 0.3) is 0 Å². The van der Waals surface area contributed by atoms with Crippen LogP contribution >= 0.6 is 11.6 Å². The average Bonchev–Trinajstić information content (AvgIpc) is 2.39. The molecule has 0 saturated carbocycles. The predicted molar refractivity (Wildman–Crippen MR) is 73.9 cm³/mol. The average molecular weight is 256 g/mol. The Balaban J connectivity index is 2.22. The van der Waals surface area contributed by atoms with Gasteiger partial charge in [0.2, 0.25) is 0 Å². The van der Waals surface area contributed by atoms with Gasteiger partial charge in [0.1, 0.15) is 10.9 Å². The number of benzene rings is 2. The molecule has 88 valence electrons. The first-order valence-corrected chi connectivity index (χ1v) is 5.96. The lowest BCUT2D eigenvalue weighted by Crippen LogP contribution is -1.85. The van der Waals surface area contributed by atoms with Gasteiger partial charge in [-0.25, -0.2) is 4.98 Å². The molecule has 3 aromatic rings. The van der Waals surface area contributed by atoms with Gasteiger partial charge in [0.05, 0.1) is 5.52 Å². The largest absolute Gasteiger partial charge is 0.508 e. The molecule has 2 aromatic carbocycles. The minimum atomic E-state index is 0.239. The van der Waals surface area contributed by atoms with Gasteiger partial charge in [-0.3, -0.25) is 0 Å². The Morgan fingerprint density at radius 1 is 0.944 bits per heavy atom. The standard InChI is InChI=1S/C15H10ClNO/c16-15-13(10-5-7-12(18)8-6-10)9-11-3-1-2-4-14(11)17-15/h1-9,18H. The van der Waals surface area contributed by atoms with E-state index in [0.29, 0.717) is 5.15 Å². The lowest BCUT2D eigenvalue weighted by molar-refractivity contribution is 0.475. The fourth-order valence-corrected chi connectivity index (χ4v) is 2.19. The number of aromatic hydroxyl groups is 1. The van der Waals surface area contributed by atoms with Gasteiger partial charge in [-0.2, -0.15) is 0 Å². The first-order chi connectivity index (χ1) is 8.74. The Labute approximate surface area is 109 Å². The lowest BCUT2D eigenvalue weighted by Gasteiger charge is -2.06. The highest BCUT2D eigenvalue weighted by atomic mass is 35.5. The fraction of sp³-hybridized carbons (Fsp3) is 0. The summed E-state index contributed by atoms with van der Waals surface area (Å²) in [6.45, 7) is 0. The number of phenols is 1. The van der Waals surface area contributed by atoms with Crippen LogP contribution in [-0.2, 0) is 0 Å². The van der Waals surface area contributed by atoms with Crippen LogP contribution in [0.1, 0.15) is 0 Å². The van der Waals surface area contributed by atoms with Crippen molar-refractivity contribution in [2.45, 2.75) is 0 Å². The zero-order valence-electron chi connectivity index (χ0n) is 9.47. The molecule has 3 rings (SSSR count). The van der Waals surface area contributed by atoms with Crippen LogP contribution in [0.5, 0.6) is 5.75 Å². The van der Waals surface area contributed by atoms with Crippen molar-refractivity contribution in [3.05, 3.63) is 59.8 Å². The molecule has 1 heterocycles. The van der Waals surface area contributed by atoms with Gasteiger partial charge in [-0.1, -0.05) is 41.9 Å². The summed E-state index contributed by atoms with van der Waals surface area (Å²) < 4.78 is 0. The summed E-state index contributed by atoms with van der Waals surface area (Å²) in [6, 6.07) is 16.8. The maximum Gasteiger partial charge on any atom is 0.137 e. The van der Waals surface area contributed by atoms with E-state index in [4.69, 9.17) is 11.6 Å². The van der Waals surface area contributed by atoms with E-state index >= 15 is 0 Å². The van der Waals surface area contributed by atoms with Crippen molar-refractivity contribution >= 4 is 22.5 Å². The van der Waals surface area contributed by atoms with Crippen molar-refractivity contribution < 1.29 is 5.11 Å². The molecule has 1 N–H and O–H groups in total. The summed E-state index contributed by atoms with van der Waals surface area (Å²) in [7, 11) is 0. The molecule has 0 atom stereocenters. The quantitative estimate of drug-likeness (QED) is 0.659. The van der Waals surface area contributed by atoms with E-state index in [9.17, 15) is 5.11 Å². The highest BCUT2D eigenvalue weighted by Crippen LogP contribution is 2.30. The third kappa shape index (κ3) is 1.91. The van der Waals surface area contributed by atoms with Crippen molar-refractivity contribution in [1.29, 1.82) is 0 Å². The van der Waals surface area contributed by atoms with Crippen LogP contribution in [-0.4, -0.2) is 10.1 Å². The van der Waals surface area contributed by atoms with Crippen LogP contribution in [0, 0.1) is 0 Å². The summed E-state index contributed by atoms with van der Waals surface area (Å²) in [6.07, 6.45) is 0. The summed E-state index contributed by atoms with van der Waals surface area (Å²) in [5.74, 6) is 0.239. The van der Waals surface area contributed by atoms with E-state index in [1.165, 1.54) is 0 Å². The van der Waals surface area contributed by atoms with Gasteiger partial charge in [0, 0.05) is 10.9 Å². The van der Waals surface area contributed by atoms with Gasteiger partial charge in [-0.15, -0.1) is 0 Å². The van der Waals surface area contributed by atoms with E-state index in [2.05, 4.69) is 4.98 Å². The van der Waals surface area contributed by atoms with Crippen molar-refractivity contribution in [1.82, 2.24) is 4.98 Å². The molecule has 0 bridgehead atoms. The number of fused-ring (bicyclic) bond motifs is 1. The molecule has 0 spiro atoms. The number of halogens is 1. The number of rotatable bonds is 1. The number of hydrogen-bond acceptors (Lipinski definition) is 2. The van der Waals surface area contributed by atoms with Gasteiger partial charge < -0.3 is 5.11 Å². The summed E-state index contributed by atoms with van der Waals surface area (Å²) in [5, 5.41) is 10.8. The second kappa shape index (κ2) is 4.31. The number of hydrogen-bond donors (Lipinski definition) is 1. The first kappa shape index (κ1) is 11.1. The minimum Gasteiger partial charge on any atom is -0.508 e. The molecule has 0 aliphatic heterocycles. The second-order valence-corrected chi connectivity index (χ2v) is 4.42. The molecule has 1 aromatic heterocycles. The zero-order valence-corrected chi connectivity index (χ0v) is 10.2. The van der Waals surface area contributed by atoms with Crippen molar-refractivity contribution in [2.75, 3.05) is 0 Å². The van der Waals surface area contributed by atoms with E-state index in [1.807, 2.05) is 42.5 Å². The summed E-state index contributed by atoms with van der Waals surface area (Å²) >= 11 is 6.20. The summed E-state index contributed by atoms with van der Waals surface area (Å²) in [4.78, 5) is 4.38. The topological polar surface area (TPSA) is 33.1 Å². The van der Waals surface area contributed by atoms with Crippen molar-refractivity contribution in [3.63, 3.8) is 0 Å². The maximum absolute atomic E-state index is 9.30. The molecule has 18 heavy (non-hydrogen) atoms. The maximum atomic E-state index is 9.30. The van der Waals surface area contributed by atoms with Crippen LogP contribution in [0.15, 0.2) is 54.6 Å². The lowest BCUT2D eigenvalue weighted by atomic mass is 10.1. The van der Waals surface area contributed by atoms with Gasteiger partial charge in [0.15, 0.2) is 0 Å². The van der Waals surface area contributed by atoms with Gasteiger partial charge in [-0.05, 0) is 29.8 Å². The fourth-order valence-electron chi connectivity index (χ4n) is 1.94. The molecule has 0 unspecified atom stereocenters. The molecule has 3 heteroatoms. The third-order valence-electron chi connectivity index (χ3n) is 2.86. The Kier molecular flexibility index (Phi) is 2.65. The third-order valence-corrected chi connectivity index (χ3v) is 3.14. The van der Waals surface area contributed by atoms with E-state index in [0.717, 1.165) is 22.0 Å². The van der Waals surface area contributed by atoms with Crippen LogP contribution in [0.2, 0.25) is 5.15 Å². The van der Waals surface area contributed by atoms with Crippen LogP contribution in [0.4, 0.5) is 0 Å². The van der Waals surface area contributed by atoms with Crippen LogP contribution in [0.3, 0.4) is 0 Å². The number of nitrogens with zero attached hydrogens (tertiary/aromatic N) is 1. The number of para-hydroxylation sites is 1. The van der Waals surface area contributed by atoms with Crippen molar-refractivity contribution in [2.24, 2.45) is 0 Å². The first-order valence-electron chi connectivity index (χ1n) is 5.59. The van der Waals surface area contributed by atoms with Gasteiger partial charge >= 0.3 is 0 Å². The number of pyridine rings is 1. The number of aromatic nitrogens is 1. The Bertz CT molecular complexity index is 707. The molecular formula is C15H10ClNO. The predicted octanol–water partition coefficient (Wildman–Crippen LogP) is 4.26. The zero-order chi connectivity index (χ0) is 12.5. The minimum absolute atomic E-state index is 0.239. The van der Waals surface area contributed by atoms with Crippen LogP contribution < -0.4 is 0 Å². The smallest absolute Gasteiger partial charge is 0.137 e. The normalized spacial score (nSPS) is 10.7. The number of phenolic OH excluding ortho intramolecular Hbond substituents is 1. The summed E-state index contributed by atoms with van der Waals surface area (Å²) in [5.41, 5.74) is 2.69. The van der Waals surface area contributed by atoms with E-state index in [1.54, 1.807) is 12.1 Å². The molecule has 0 saturated heterocycles. The second-order valence-electron chi connectivity index (χ2n) is 4.07. The molecule has 0 radical (unpaired) electrons. The molecule has 0 fully saturated rings. The molecule has 0 amide bonds. The van der Waals surface area contributed by atoms with E-state index in [-0.39, 0.29) is 5.75 Å². The highest BCUT2D eigenvalue weighted by Gasteiger charge is 2.07. The molecule has 2 nitrogen and oxygen atoms in total. The Morgan fingerprint density at radius 2 is 1.67 bits per heavy atom. The Hall–Kier alpha value is -2.06. The van der Waals surface area contributed by atoms with Crippen LogP contribution in [0.25, 0.3) is 22.0 Å². The Morgan fingerprint density at radius 3 is 2.44 bits per heavy atom. The SMILES string of the molecule is Oc1ccc(-c2cc3ccccc3nc2Cl)cc1. The highest BCUT2D eigenvalue weighted by molar-refractivity contribution is 6.32. The van der Waals surface area contributed by atoms with E-state index < -0.39 is 0 Å². The molecule has 0 aliphatic rings. The van der Waals surface area contributed by atoms with Crippen molar-refractivity contribution in [3.8, 4) is 16.9 Å². The molecule has 0 aliphatic carbocycles. The molecular weight excluding hydrogens is 246 g/mol.